The summed E-state index contributed by atoms with van der Waals surface area (Å²) >= 11 is 0. The predicted octanol–water partition coefficient (Wildman–Crippen LogP) is 3.44. The molecule has 3 aromatic rings. The van der Waals surface area contributed by atoms with Crippen LogP contribution in [0, 0.1) is 23.2 Å². The first-order valence-electron chi connectivity index (χ1n) is 16.4. The van der Waals surface area contributed by atoms with E-state index in [-0.39, 0.29) is 29.8 Å². The van der Waals surface area contributed by atoms with Gasteiger partial charge in [0.2, 0.25) is 11.5 Å². The molecule has 0 bridgehead atoms. The molecule has 1 saturated heterocycles. The largest absolute Gasteiger partial charge is 0.463 e. The fourth-order valence-electron chi connectivity index (χ4n) is 5.31. The van der Waals surface area contributed by atoms with Gasteiger partial charge in [-0.05, 0) is 50.8 Å². The zero-order chi connectivity index (χ0) is 36.8. The van der Waals surface area contributed by atoms with Crippen LogP contribution in [-0.2, 0) is 45.4 Å². The summed E-state index contributed by atoms with van der Waals surface area (Å²) in [6, 6.07) is 12.7. The Balaban J connectivity index is 1.67. The predicted molar refractivity (Wildman–Crippen MR) is 178 cm³/mol. The minimum absolute atomic E-state index is 0.0374. The highest BCUT2D eigenvalue weighted by Crippen LogP contribution is 2.42. The van der Waals surface area contributed by atoms with E-state index >= 15 is 0 Å². The second-order valence-corrected chi connectivity index (χ2v) is 13.5. The number of alkyl carbamates (subject to hydrolysis) is 1. The molecule has 4 rings (SSSR count). The van der Waals surface area contributed by atoms with Gasteiger partial charge in [0, 0.05) is 5.92 Å². The SMILES string of the molecule is CC[C@H](C)C(=O)Nc1ncnn2c([C@]3(C#N)O[C@H](COC(=O)Cc4ccccc4)[C@@H](OC(=O)[C@@H](NC(=O)OC(C)(C)C)C(C)C)[C@H]3O)ccc12. The van der Waals surface area contributed by atoms with Crippen LogP contribution in [0.25, 0.3) is 5.52 Å². The van der Waals surface area contributed by atoms with Gasteiger partial charge in [0.05, 0.1) is 12.1 Å². The van der Waals surface area contributed by atoms with E-state index in [9.17, 15) is 29.5 Å². The van der Waals surface area contributed by atoms with Crippen molar-refractivity contribution in [2.75, 3.05) is 11.9 Å². The van der Waals surface area contributed by atoms with Crippen molar-refractivity contribution in [1.82, 2.24) is 19.9 Å². The molecule has 2 aromatic heterocycles. The van der Waals surface area contributed by atoms with Crippen molar-refractivity contribution >= 4 is 35.3 Å². The van der Waals surface area contributed by atoms with Crippen LogP contribution < -0.4 is 10.6 Å². The Morgan fingerprint density at radius 2 is 1.82 bits per heavy atom. The molecule has 0 spiro atoms. The van der Waals surface area contributed by atoms with Gasteiger partial charge in [0.25, 0.3) is 0 Å². The summed E-state index contributed by atoms with van der Waals surface area (Å²) in [5.41, 5.74) is -2.01. The highest BCUT2D eigenvalue weighted by Gasteiger charge is 2.60. The number of rotatable bonds is 12. The Morgan fingerprint density at radius 3 is 2.44 bits per heavy atom. The van der Waals surface area contributed by atoms with Gasteiger partial charge in [-0.15, -0.1) is 0 Å². The van der Waals surface area contributed by atoms with E-state index in [2.05, 4.69) is 20.7 Å². The molecule has 2 amide bonds. The summed E-state index contributed by atoms with van der Waals surface area (Å²) in [6.07, 6.45) is -3.88. The molecular formula is C35H44N6O9. The second kappa shape index (κ2) is 15.6. The maximum atomic E-state index is 13.6. The first-order valence-corrected chi connectivity index (χ1v) is 16.4. The molecule has 0 unspecified atom stereocenters. The maximum Gasteiger partial charge on any atom is 0.408 e. The molecule has 15 heteroatoms. The van der Waals surface area contributed by atoms with Crippen LogP contribution in [0.15, 0.2) is 48.8 Å². The van der Waals surface area contributed by atoms with Crippen LogP contribution in [0.2, 0.25) is 0 Å². The van der Waals surface area contributed by atoms with Gasteiger partial charge >= 0.3 is 18.0 Å². The third-order valence-corrected chi connectivity index (χ3v) is 8.18. The van der Waals surface area contributed by atoms with Crippen LogP contribution in [0.1, 0.15) is 66.1 Å². The van der Waals surface area contributed by atoms with Gasteiger partial charge in [-0.25, -0.2) is 19.1 Å². The lowest BCUT2D eigenvalue weighted by molar-refractivity contribution is -0.163. The van der Waals surface area contributed by atoms with Crippen LogP contribution in [0.3, 0.4) is 0 Å². The number of aliphatic hydroxyl groups excluding tert-OH is 1. The molecule has 6 atom stereocenters. The number of aliphatic hydroxyl groups is 1. The van der Waals surface area contributed by atoms with Gasteiger partial charge in [-0.3, -0.25) is 9.59 Å². The monoisotopic (exact) mass is 692 g/mol. The first-order chi connectivity index (χ1) is 23.6. The smallest absolute Gasteiger partial charge is 0.408 e. The van der Waals surface area contributed by atoms with Crippen molar-refractivity contribution in [3.05, 3.63) is 60.0 Å². The van der Waals surface area contributed by atoms with Crippen LogP contribution in [0.4, 0.5) is 10.6 Å². The third-order valence-electron chi connectivity index (χ3n) is 8.18. The van der Waals surface area contributed by atoms with Crippen LogP contribution >= 0.6 is 0 Å². The van der Waals surface area contributed by atoms with E-state index < -0.39 is 66.1 Å². The first kappa shape index (κ1) is 37.7. The maximum absolute atomic E-state index is 13.6. The van der Waals surface area contributed by atoms with Crippen molar-refractivity contribution in [2.45, 2.75) is 96.9 Å². The summed E-state index contributed by atoms with van der Waals surface area (Å²) in [7, 11) is 0. The lowest BCUT2D eigenvalue weighted by Crippen LogP contribution is -2.50. The van der Waals surface area contributed by atoms with E-state index in [0.717, 1.165) is 0 Å². The average molecular weight is 693 g/mol. The molecule has 0 aliphatic carbocycles. The Labute approximate surface area is 290 Å². The number of hydrogen-bond acceptors (Lipinski definition) is 12. The van der Waals surface area contributed by atoms with Crippen molar-refractivity contribution in [3.8, 4) is 6.07 Å². The molecule has 15 nitrogen and oxygen atoms in total. The van der Waals surface area contributed by atoms with Gasteiger partial charge in [0.1, 0.15) is 48.4 Å². The summed E-state index contributed by atoms with van der Waals surface area (Å²) in [5.74, 6) is -2.45. The molecule has 1 aromatic carbocycles. The number of amides is 2. The van der Waals surface area contributed by atoms with E-state index in [0.29, 0.717) is 17.5 Å². The number of fused-ring (bicyclic) bond motifs is 1. The molecule has 3 N–H and O–H groups in total. The standard InChI is InChI=1S/C35H44N6O9/c1-8-21(4)31(44)40-30-23-14-15-25(41(23)38-19-37-30)35(18-36)29(43)28(24(49-35)17-47-26(42)16-22-12-10-9-11-13-22)48-32(45)27(20(2)3)39-33(46)50-34(5,6)7/h9-15,19-21,24,27-29,43H,8,16-17H2,1-7H3,(H,39,46)(H,37,38,40,44)/t21-,24+,27-,28+,29+,35-/m0/s1. The lowest BCUT2D eigenvalue weighted by atomic mass is 9.92. The minimum atomic E-state index is -2.20. The Kier molecular flexibility index (Phi) is 11.8. The summed E-state index contributed by atoms with van der Waals surface area (Å²) in [5, 5.41) is 32.0. The van der Waals surface area contributed by atoms with Crippen molar-refractivity contribution < 1.29 is 43.2 Å². The highest BCUT2D eigenvalue weighted by atomic mass is 16.6. The second-order valence-electron chi connectivity index (χ2n) is 13.5. The topological polar surface area (TPSA) is 203 Å². The average Bonchev–Trinajstić information content (AvgIpc) is 3.61. The number of nitrogens with one attached hydrogen (secondary N) is 2. The number of nitriles is 1. The Bertz CT molecular complexity index is 1730. The zero-order valence-corrected chi connectivity index (χ0v) is 29.2. The molecule has 1 aliphatic rings. The number of nitrogens with zero attached hydrogens (tertiary/aromatic N) is 4. The summed E-state index contributed by atoms with van der Waals surface area (Å²) in [4.78, 5) is 55.9. The minimum Gasteiger partial charge on any atom is -0.463 e. The van der Waals surface area contributed by atoms with Crippen molar-refractivity contribution in [2.24, 2.45) is 11.8 Å². The number of carbonyl (C=O) groups is 4. The number of esters is 2. The molecule has 3 heterocycles. The van der Waals surface area contributed by atoms with Gasteiger partial charge in [0.15, 0.2) is 11.9 Å². The van der Waals surface area contributed by atoms with Gasteiger partial charge in [-0.2, -0.15) is 10.4 Å². The van der Waals surface area contributed by atoms with E-state index in [4.69, 9.17) is 18.9 Å². The lowest BCUT2D eigenvalue weighted by Gasteiger charge is -2.28. The van der Waals surface area contributed by atoms with Gasteiger partial charge in [-0.1, -0.05) is 58.0 Å². The number of aromatic nitrogens is 3. The number of anilines is 1. The number of carbonyl (C=O) groups excluding carboxylic acids is 4. The number of benzene rings is 1. The normalized spacial score (nSPS) is 21.6. The Morgan fingerprint density at radius 1 is 1.12 bits per heavy atom. The molecule has 0 saturated carbocycles. The molecule has 1 fully saturated rings. The molecule has 1 aliphatic heterocycles. The van der Waals surface area contributed by atoms with Gasteiger partial charge < -0.3 is 34.7 Å². The highest BCUT2D eigenvalue weighted by molar-refractivity contribution is 5.95. The molecular weight excluding hydrogens is 648 g/mol. The zero-order valence-electron chi connectivity index (χ0n) is 29.2. The summed E-state index contributed by atoms with van der Waals surface area (Å²) in [6.45, 7) is 11.5. The number of hydrogen-bond donors (Lipinski definition) is 3. The van der Waals surface area contributed by atoms with E-state index in [1.807, 2.05) is 19.1 Å². The molecule has 0 radical (unpaired) electrons. The van der Waals surface area contributed by atoms with Crippen molar-refractivity contribution in [1.29, 1.82) is 5.26 Å². The van der Waals surface area contributed by atoms with Crippen molar-refractivity contribution in [3.63, 3.8) is 0 Å². The quantitative estimate of drug-likeness (QED) is 0.185. The third kappa shape index (κ3) is 8.55. The fourth-order valence-corrected chi connectivity index (χ4v) is 5.31. The van der Waals surface area contributed by atoms with Crippen LogP contribution in [0.5, 0.6) is 0 Å². The van der Waals surface area contributed by atoms with E-state index in [1.165, 1.54) is 16.9 Å². The molecule has 268 valence electrons. The summed E-state index contributed by atoms with van der Waals surface area (Å²) < 4.78 is 24.1. The number of ether oxygens (including phenoxy) is 4. The molecule has 50 heavy (non-hydrogen) atoms. The van der Waals surface area contributed by atoms with E-state index in [1.54, 1.807) is 71.9 Å². The van der Waals surface area contributed by atoms with Crippen LogP contribution in [-0.4, -0.2) is 80.2 Å². The fraction of sp³-hybridized carbons (Fsp3) is 0.514. The Hall–Kier alpha value is -5.07.